The lowest BCUT2D eigenvalue weighted by molar-refractivity contribution is -0.182. The van der Waals surface area contributed by atoms with E-state index in [0.717, 1.165) is 12.0 Å². The fraction of sp³-hybridized carbons (Fsp3) is 0.708. The third-order valence-corrected chi connectivity index (χ3v) is 8.84. The Kier molecular flexibility index (Phi) is 4.90. The first-order valence-electron chi connectivity index (χ1n) is 11.0. The summed E-state index contributed by atoms with van der Waals surface area (Å²) < 4.78 is 4.89. The summed E-state index contributed by atoms with van der Waals surface area (Å²) in [6.07, 6.45) is 6.71. The zero-order valence-corrected chi connectivity index (χ0v) is 18.2. The van der Waals surface area contributed by atoms with Gasteiger partial charge >= 0.3 is 5.97 Å². The number of carbonyl (C=O) groups excluding carboxylic acids is 3. The first-order valence-corrected chi connectivity index (χ1v) is 11.0. The number of aliphatic hydroxyl groups is 2. The van der Waals surface area contributed by atoms with Crippen molar-refractivity contribution in [3.05, 3.63) is 23.8 Å². The summed E-state index contributed by atoms with van der Waals surface area (Å²) >= 11 is 0. The van der Waals surface area contributed by atoms with Crippen LogP contribution in [0.15, 0.2) is 23.8 Å². The molecule has 6 nitrogen and oxygen atoms in total. The summed E-state index contributed by atoms with van der Waals surface area (Å²) in [6, 6.07) is 0. The Labute approximate surface area is 177 Å². The second-order valence-corrected chi connectivity index (χ2v) is 10.3. The molecule has 0 radical (unpaired) electrons. The van der Waals surface area contributed by atoms with Crippen LogP contribution in [-0.4, -0.2) is 46.1 Å². The molecule has 0 aliphatic heterocycles. The quantitative estimate of drug-likeness (QED) is 0.685. The molecular formula is C24H32O6. The van der Waals surface area contributed by atoms with E-state index in [1.165, 1.54) is 6.92 Å². The maximum Gasteiger partial charge on any atom is 0.303 e. The molecule has 0 spiro atoms. The Morgan fingerprint density at radius 2 is 2.00 bits per heavy atom. The zero-order chi connectivity index (χ0) is 22.1. The van der Waals surface area contributed by atoms with E-state index in [9.17, 15) is 24.6 Å². The molecule has 4 aliphatic carbocycles. The van der Waals surface area contributed by atoms with Gasteiger partial charge in [0, 0.05) is 23.7 Å². The summed E-state index contributed by atoms with van der Waals surface area (Å²) in [5.74, 6) is -0.712. The predicted octanol–water partition coefficient (Wildman–Crippen LogP) is 2.37. The van der Waals surface area contributed by atoms with E-state index in [1.807, 2.05) is 13.0 Å². The van der Waals surface area contributed by atoms with Crippen molar-refractivity contribution in [2.24, 2.45) is 34.5 Å². The van der Waals surface area contributed by atoms with Gasteiger partial charge in [0.05, 0.1) is 6.10 Å². The van der Waals surface area contributed by atoms with Crippen LogP contribution in [-0.2, 0) is 19.1 Å². The fourth-order valence-corrected chi connectivity index (χ4v) is 7.50. The molecule has 3 saturated carbocycles. The number of hydrogen-bond donors (Lipinski definition) is 2. The van der Waals surface area contributed by atoms with Crippen LogP contribution < -0.4 is 0 Å². The summed E-state index contributed by atoms with van der Waals surface area (Å²) in [4.78, 5) is 36.1. The zero-order valence-electron chi connectivity index (χ0n) is 18.2. The largest absolute Gasteiger partial charge is 0.458 e. The number of carbonyl (C=O) groups is 3. The number of rotatable bonds is 3. The average molecular weight is 417 g/mol. The van der Waals surface area contributed by atoms with Crippen molar-refractivity contribution in [3.8, 4) is 0 Å². The SMILES string of the molecule is CC(=O)OCC(=O)[C@]1(O)CC[C@H]2[C@@H]3C[C@H](C)C4=CC(=O)C=C[C@]4(C)[C@H]3[C@H](O)C[C@@]21C. The molecule has 8 atom stereocenters. The van der Waals surface area contributed by atoms with E-state index in [0.29, 0.717) is 19.3 Å². The molecule has 6 heteroatoms. The number of ketones is 2. The summed E-state index contributed by atoms with van der Waals surface area (Å²) in [6.45, 7) is 6.94. The first kappa shape index (κ1) is 21.4. The summed E-state index contributed by atoms with van der Waals surface area (Å²) in [5.41, 5.74) is -1.72. The van der Waals surface area contributed by atoms with Crippen molar-refractivity contribution in [1.29, 1.82) is 0 Å². The van der Waals surface area contributed by atoms with Gasteiger partial charge in [0.15, 0.2) is 12.4 Å². The minimum atomic E-state index is -1.61. The molecule has 0 bridgehead atoms. The molecule has 0 heterocycles. The van der Waals surface area contributed by atoms with Gasteiger partial charge in [0.1, 0.15) is 5.60 Å². The summed E-state index contributed by atoms with van der Waals surface area (Å²) in [7, 11) is 0. The lowest BCUT2D eigenvalue weighted by Crippen LogP contribution is -2.62. The minimum absolute atomic E-state index is 0.00535. The average Bonchev–Trinajstić information content (AvgIpc) is 2.93. The van der Waals surface area contributed by atoms with Crippen LogP contribution in [0.3, 0.4) is 0 Å². The standard InChI is InChI=1S/C24H32O6/c1-13-9-16-17-6-8-24(29,20(28)12-30-14(2)25)23(17,4)11-19(27)21(16)22(3)7-5-15(26)10-18(13)22/h5,7,10,13,16-17,19,21,27,29H,6,8-9,11-12H2,1-4H3/t13-,16-,17-,19+,21+,22-,23-,24+/m0/s1. The molecule has 0 aromatic carbocycles. The Bertz CT molecular complexity index is 858. The van der Waals surface area contributed by atoms with Gasteiger partial charge in [-0.3, -0.25) is 14.4 Å². The van der Waals surface area contributed by atoms with Crippen LogP contribution in [0, 0.1) is 34.5 Å². The van der Waals surface area contributed by atoms with Crippen LogP contribution in [0.4, 0.5) is 0 Å². The molecular weight excluding hydrogens is 384 g/mol. The van der Waals surface area contributed by atoms with Crippen molar-refractivity contribution in [2.45, 2.75) is 65.1 Å². The molecule has 3 fully saturated rings. The van der Waals surface area contributed by atoms with Crippen LogP contribution in [0.5, 0.6) is 0 Å². The van der Waals surface area contributed by atoms with E-state index >= 15 is 0 Å². The highest BCUT2D eigenvalue weighted by molar-refractivity contribution is 6.01. The van der Waals surface area contributed by atoms with Gasteiger partial charge in [-0.25, -0.2) is 0 Å². The molecule has 4 rings (SSSR count). The third-order valence-electron chi connectivity index (χ3n) is 8.84. The maximum absolute atomic E-state index is 12.9. The highest BCUT2D eigenvalue weighted by Gasteiger charge is 2.68. The molecule has 4 aliphatic rings. The highest BCUT2D eigenvalue weighted by atomic mass is 16.5. The van der Waals surface area contributed by atoms with Crippen molar-refractivity contribution >= 4 is 17.5 Å². The number of ether oxygens (including phenoxy) is 1. The van der Waals surface area contributed by atoms with Crippen molar-refractivity contribution in [1.82, 2.24) is 0 Å². The molecule has 2 N–H and O–H groups in total. The minimum Gasteiger partial charge on any atom is -0.458 e. The number of allylic oxidation sites excluding steroid dienone is 4. The lowest BCUT2D eigenvalue weighted by Gasteiger charge is -2.60. The monoisotopic (exact) mass is 416 g/mol. The molecule has 0 unspecified atom stereocenters. The van der Waals surface area contributed by atoms with Gasteiger partial charge < -0.3 is 14.9 Å². The number of Topliss-reactive ketones (excluding diaryl/α,β-unsaturated/α-hetero) is 1. The molecule has 30 heavy (non-hydrogen) atoms. The van der Waals surface area contributed by atoms with Crippen LogP contribution in [0.25, 0.3) is 0 Å². The van der Waals surface area contributed by atoms with Gasteiger partial charge in [0.25, 0.3) is 0 Å². The van der Waals surface area contributed by atoms with Gasteiger partial charge in [-0.2, -0.15) is 0 Å². The second kappa shape index (κ2) is 6.86. The van der Waals surface area contributed by atoms with E-state index < -0.39 is 40.9 Å². The summed E-state index contributed by atoms with van der Waals surface area (Å²) in [5, 5.41) is 22.9. The molecule has 0 aromatic heterocycles. The van der Waals surface area contributed by atoms with E-state index in [-0.39, 0.29) is 29.5 Å². The number of aliphatic hydroxyl groups excluding tert-OH is 1. The van der Waals surface area contributed by atoms with Gasteiger partial charge in [-0.15, -0.1) is 0 Å². The Morgan fingerprint density at radius 1 is 1.30 bits per heavy atom. The Hall–Kier alpha value is -1.79. The molecule has 0 aromatic rings. The van der Waals surface area contributed by atoms with Crippen LogP contribution in [0.1, 0.15) is 53.4 Å². The van der Waals surface area contributed by atoms with Crippen molar-refractivity contribution in [3.63, 3.8) is 0 Å². The smallest absolute Gasteiger partial charge is 0.303 e. The van der Waals surface area contributed by atoms with E-state index in [4.69, 9.17) is 4.74 Å². The lowest BCUT2D eigenvalue weighted by atomic mass is 9.45. The van der Waals surface area contributed by atoms with Crippen molar-refractivity contribution in [2.75, 3.05) is 6.61 Å². The number of hydrogen-bond acceptors (Lipinski definition) is 6. The third kappa shape index (κ3) is 2.79. The fourth-order valence-electron chi connectivity index (χ4n) is 7.50. The first-order chi connectivity index (χ1) is 13.9. The topological polar surface area (TPSA) is 101 Å². The highest BCUT2D eigenvalue weighted by Crippen LogP contribution is 2.67. The van der Waals surface area contributed by atoms with Gasteiger partial charge in [-0.1, -0.05) is 32.4 Å². The van der Waals surface area contributed by atoms with E-state index in [1.54, 1.807) is 12.2 Å². The van der Waals surface area contributed by atoms with Crippen LogP contribution >= 0.6 is 0 Å². The molecule has 0 saturated heterocycles. The molecule has 0 amide bonds. The Balaban J connectivity index is 1.70. The van der Waals surface area contributed by atoms with Crippen LogP contribution in [0.2, 0.25) is 0 Å². The molecule has 164 valence electrons. The normalized spacial score (nSPS) is 47.1. The maximum atomic E-state index is 12.9. The Morgan fingerprint density at radius 3 is 2.67 bits per heavy atom. The van der Waals surface area contributed by atoms with Crippen molar-refractivity contribution < 1.29 is 29.3 Å². The number of fused-ring (bicyclic) bond motifs is 5. The van der Waals surface area contributed by atoms with E-state index in [2.05, 4.69) is 13.8 Å². The number of esters is 1. The second-order valence-electron chi connectivity index (χ2n) is 10.3. The van der Waals surface area contributed by atoms with Gasteiger partial charge in [-0.05, 0) is 55.6 Å². The predicted molar refractivity (Wildman–Crippen MR) is 109 cm³/mol. The van der Waals surface area contributed by atoms with Gasteiger partial charge in [0.2, 0.25) is 5.78 Å².